The fourth-order valence-electron chi connectivity index (χ4n) is 3.75. The van der Waals surface area contributed by atoms with Crippen LogP contribution in [0.2, 0.25) is 0 Å². The molecule has 1 saturated heterocycles. The first-order valence-corrected chi connectivity index (χ1v) is 9.39. The number of benzene rings is 1. The van der Waals surface area contributed by atoms with Crippen LogP contribution in [-0.2, 0) is 0 Å². The predicted octanol–water partition coefficient (Wildman–Crippen LogP) is 4.31. The van der Waals surface area contributed by atoms with Gasteiger partial charge in [-0.1, -0.05) is 0 Å². The smallest absolute Gasteiger partial charge is 0.140 e. The molecule has 1 fully saturated rings. The molecule has 28 heavy (non-hydrogen) atoms. The predicted molar refractivity (Wildman–Crippen MR) is 106 cm³/mol. The van der Waals surface area contributed by atoms with Crippen LogP contribution >= 0.6 is 0 Å². The average Bonchev–Trinajstić information content (AvgIpc) is 2.70. The normalized spacial score (nSPS) is 14.9. The average molecular weight is 376 g/mol. The lowest BCUT2D eigenvalue weighted by Gasteiger charge is -2.34. The van der Waals surface area contributed by atoms with Crippen molar-refractivity contribution in [1.29, 1.82) is 5.26 Å². The van der Waals surface area contributed by atoms with Gasteiger partial charge in [-0.2, -0.15) is 5.26 Å². The van der Waals surface area contributed by atoms with Gasteiger partial charge in [-0.25, -0.2) is 4.39 Å². The van der Waals surface area contributed by atoms with E-state index in [2.05, 4.69) is 20.9 Å². The Labute approximate surface area is 163 Å². The topological polar surface area (TPSA) is 62.0 Å². The van der Waals surface area contributed by atoms with Crippen molar-refractivity contribution in [3.63, 3.8) is 0 Å². The summed E-state index contributed by atoms with van der Waals surface area (Å²) >= 11 is 0. The molecule has 0 aliphatic carbocycles. The molecule has 0 saturated carbocycles. The maximum Gasteiger partial charge on any atom is 0.140 e. The van der Waals surface area contributed by atoms with Gasteiger partial charge in [0.2, 0.25) is 0 Å². The first kappa shape index (κ1) is 18.2. The highest BCUT2D eigenvalue weighted by atomic mass is 19.1. The molecule has 0 atom stereocenters. The van der Waals surface area contributed by atoms with Gasteiger partial charge in [0.15, 0.2) is 0 Å². The lowest BCUT2D eigenvalue weighted by atomic mass is 10.0. The summed E-state index contributed by atoms with van der Waals surface area (Å²) in [7, 11) is 0. The van der Waals surface area contributed by atoms with Crippen molar-refractivity contribution in [2.75, 3.05) is 18.0 Å². The molecule has 6 heteroatoms. The van der Waals surface area contributed by atoms with E-state index in [1.165, 1.54) is 12.1 Å². The minimum atomic E-state index is -0.328. The van der Waals surface area contributed by atoms with Gasteiger partial charge in [0.05, 0.1) is 22.5 Å². The maximum absolute atomic E-state index is 13.8. The standard InChI is InChI=1S/C22H21FN4O/c1-14-3-6-21(15(2)26-14)28-18-7-9-27(10-8-18)22-16(12-24)13-25-20-5-4-17(23)11-19(20)22/h3-6,11,13,18H,7-10H2,1-2H3. The van der Waals surface area contributed by atoms with Crippen LogP contribution in [0.1, 0.15) is 29.8 Å². The van der Waals surface area contributed by atoms with Crippen LogP contribution in [0.4, 0.5) is 10.1 Å². The van der Waals surface area contributed by atoms with E-state index in [0.717, 1.165) is 48.8 Å². The maximum atomic E-state index is 13.8. The zero-order chi connectivity index (χ0) is 19.7. The molecule has 142 valence electrons. The second-order valence-corrected chi connectivity index (χ2v) is 7.13. The van der Waals surface area contributed by atoms with Crippen molar-refractivity contribution in [3.8, 4) is 11.8 Å². The first-order valence-electron chi connectivity index (χ1n) is 9.39. The Morgan fingerprint density at radius 3 is 2.68 bits per heavy atom. The van der Waals surface area contributed by atoms with E-state index >= 15 is 0 Å². The molecule has 0 amide bonds. The Balaban J connectivity index is 1.55. The van der Waals surface area contributed by atoms with Crippen molar-refractivity contribution < 1.29 is 9.13 Å². The molecule has 5 nitrogen and oxygen atoms in total. The van der Waals surface area contributed by atoms with E-state index in [1.807, 2.05) is 26.0 Å². The number of aryl methyl sites for hydroxylation is 2. The van der Waals surface area contributed by atoms with Crippen LogP contribution in [0.25, 0.3) is 10.9 Å². The molecule has 2 aromatic heterocycles. The Kier molecular flexibility index (Phi) is 4.82. The highest BCUT2D eigenvalue weighted by molar-refractivity contribution is 5.94. The highest BCUT2D eigenvalue weighted by Gasteiger charge is 2.25. The molecule has 1 aromatic carbocycles. The minimum Gasteiger partial charge on any atom is -0.488 e. The van der Waals surface area contributed by atoms with Gasteiger partial charge < -0.3 is 9.64 Å². The summed E-state index contributed by atoms with van der Waals surface area (Å²) < 4.78 is 20.0. The Morgan fingerprint density at radius 2 is 1.96 bits per heavy atom. The summed E-state index contributed by atoms with van der Waals surface area (Å²) in [6.07, 6.45) is 3.29. The third-order valence-corrected chi connectivity index (χ3v) is 5.15. The number of halogens is 1. The van der Waals surface area contributed by atoms with Crippen molar-refractivity contribution in [1.82, 2.24) is 9.97 Å². The molecule has 0 spiro atoms. The second-order valence-electron chi connectivity index (χ2n) is 7.13. The van der Waals surface area contributed by atoms with E-state index in [-0.39, 0.29) is 11.9 Å². The van der Waals surface area contributed by atoms with E-state index in [0.29, 0.717) is 16.5 Å². The molecule has 0 bridgehead atoms. The molecule has 3 heterocycles. The summed E-state index contributed by atoms with van der Waals surface area (Å²) in [5, 5.41) is 10.2. The zero-order valence-electron chi connectivity index (χ0n) is 15.9. The summed E-state index contributed by atoms with van der Waals surface area (Å²) in [4.78, 5) is 10.9. The monoisotopic (exact) mass is 376 g/mol. The van der Waals surface area contributed by atoms with Crippen LogP contribution in [0.3, 0.4) is 0 Å². The van der Waals surface area contributed by atoms with Crippen LogP contribution in [0.5, 0.6) is 5.75 Å². The molecule has 0 radical (unpaired) electrons. The number of nitrogens with zero attached hydrogens (tertiary/aromatic N) is 4. The molecule has 3 aromatic rings. The van der Waals surface area contributed by atoms with Crippen molar-refractivity contribution in [2.45, 2.75) is 32.8 Å². The van der Waals surface area contributed by atoms with E-state index in [1.54, 1.807) is 12.3 Å². The van der Waals surface area contributed by atoms with Crippen LogP contribution in [-0.4, -0.2) is 29.2 Å². The summed E-state index contributed by atoms with van der Waals surface area (Å²) in [5.74, 6) is 0.490. The number of rotatable bonds is 3. The zero-order valence-corrected chi connectivity index (χ0v) is 15.9. The van der Waals surface area contributed by atoms with Gasteiger partial charge in [-0.3, -0.25) is 9.97 Å². The quantitative estimate of drug-likeness (QED) is 0.682. The largest absolute Gasteiger partial charge is 0.488 e. The minimum absolute atomic E-state index is 0.0924. The second kappa shape index (κ2) is 7.43. The number of hydrogen-bond acceptors (Lipinski definition) is 5. The van der Waals surface area contributed by atoms with Crippen molar-refractivity contribution in [3.05, 3.63) is 59.3 Å². The third-order valence-electron chi connectivity index (χ3n) is 5.15. The molecule has 1 aliphatic heterocycles. The molecular weight excluding hydrogens is 355 g/mol. The number of ether oxygens (including phenoxy) is 1. The summed E-state index contributed by atoms with van der Waals surface area (Å²) in [5.41, 5.74) is 3.79. The van der Waals surface area contributed by atoms with Gasteiger partial charge in [-0.05, 0) is 44.2 Å². The Hall–Kier alpha value is -3.20. The number of anilines is 1. The highest BCUT2D eigenvalue weighted by Crippen LogP contribution is 2.32. The van der Waals surface area contributed by atoms with Crippen LogP contribution < -0.4 is 9.64 Å². The molecule has 1 aliphatic rings. The van der Waals surface area contributed by atoms with Crippen molar-refractivity contribution >= 4 is 16.6 Å². The lowest BCUT2D eigenvalue weighted by molar-refractivity contribution is 0.169. The van der Waals surface area contributed by atoms with E-state index in [4.69, 9.17) is 4.74 Å². The fraction of sp³-hybridized carbons (Fsp3) is 0.318. The van der Waals surface area contributed by atoms with Gasteiger partial charge in [-0.15, -0.1) is 0 Å². The number of pyridine rings is 2. The van der Waals surface area contributed by atoms with Gasteiger partial charge >= 0.3 is 0 Å². The summed E-state index contributed by atoms with van der Waals surface area (Å²) in [6, 6.07) is 10.6. The molecule has 4 rings (SSSR count). The van der Waals surface area contributed by atoms with Gasteiger partial charge in [0.25, 0.3) is 0 Å². The number of hydrogen-bond donors (Lipinski definition) is 0. The number of piperidine rings is 1. The van der Waals surface area contributed by atoms with E-state index in [9.17, 15) is 9.65 Å². The van der Waals surface area contributed by atoms with E-state index < -0.39 is 0 Å². The van der Waals surface area contributed by atoms with Crippen molar-refractivity contribution in [2.24, 2.45) is 0 Å². The Morgan fingerprint density at radius 1 is 1.18 bits per heavy atom. The lowest BCUT2D eigenvalue weighted by Crippen LogP contribution is -2.39. The molecule has 0 N–H and O–H groups in total. The number of aromatic nitrogens is 2. The number of fused-ring (bicyclic) bond motifs is 1. The summed E-state index contributed by atoms with van der Waals surface area (Å²) in [6.45, 7) is 5.37. The third kappa shape index (κ3) is 3.48. The first-order chi connectivity index (χ1) is 13.5. The SMILES string of the molecule is Cc1ccc(OC2CCN(c3c(C#N)cnc4ccc(F)cc34)CC2)c(C)n1. The van der Waals surface area contributed by atoms with Crippen LogP contribution in [0, 0.1) is 31.0 Å². The fourth-order valence-corrected chi connectivity index (χ4v) is 3.75. The molecule has 0 unspecified atom stereocenters. The van der Waals surface area contributed by atoms with Crippen LogP contribution in [0.15, 0.2) is 36.5 Å². The molecular formula is C22H21FN4O. The van der Waals surface area contributed by atoms with Gasteiger partial charge in [0, 0.05) is 43.2 Å². The van der Waals surface area contributed by atoms with Gasteiger partial charge in [0.1, 0.15) is 23.7 Å². The Bertz CT molecular complexity index is 1070. The number of nitriles is 1.